The number of benzene rings is 1. The van der Waals surface area contributed by atoms with Gasteiger partial charge in [0.1, 0.15) is 5.82 Å². The number of hydrogen-bond donors (Lipinski definition) is 1. The van der Waals surface area contributed by atoms with E-state index in [1.165, 1.54) is 0 Å². The second-order valence-electron chi connectivity index (χ2n) is 5.04. The Labute approximate surface area is 132 Å². The number of Topliss-reactive ketones (excluding diaryl/α,β-unsaturated/α-hetero) is 1. The molecule has 2 aromatic rings. The van der Waals surface area contributed by atoms with Crippen LogP contribution in [0.15, 0.2) is 36.4 Å². The van der Waals surface area contributed by atoms with Crippen LogP contribution in [0.3, 0.4) is 0 Å². The maximum atomic E-state index is 12.1. The van der Waals surface area contributed by atoms with Gasteiger partial charge in [-0.15, -0.1) is 0 Å². The van der Waals surface area contributed by atoms with Crippen LogP contribution in [0, 0.1) is 0 Å². The summed E-state index contributed by atoms with van der Waals surface area (Å²) in [6.07, 6.45) is -0.283. The summed E-state index contributed by atoms with van der Waals surface area (Å²) in [6.45, 7) is 0.264. The summed E-state index contributed by atoms with van der Waals surface area (Å²) >= 11 is 5.98. The van der Waals surface area contributed by atoms with E-state index in [1.807, 2.05) is 6.07 Å². The Bertz CT molecular complexity index is 761. The molecule has 1 aromatic heterocycles. The number of fused-ring (bicyclic) bond motifs is 1. The van der Waals surface area contributed by atoms with Crippen molar-refractivity contribution in [1.82, 2.24) is 4.98 Å². The Morgan fingerprint density at radius 1 is 1.27 bits per heavy atom. The van der Waals surface area contributed by atoms with E-state index in [4.69, 9.17) is 11.6 Å². The lowest BCUT2D eigenvalue weighted by molar-refractivity contribution is 0.0983. The summed E-state index contributed by atoms with van der Waals surface area (Å²) in [5, 5.41) is 9.93. The molecule has 0 aliphatic carbocycles. The Kier molecular flexibility index (Phi) is 3.81. The highest BCUT2D eigenvalue weighted by molar-refractivity contribution is 6.30. The summed E-state index contributed by atoms with van der Waals surface area (Å²) in [6, 6.07) is 10.5. The molecule has 0 unspecified atom stereocenters. The van der Waals surface area contributed by atoms with Gasteiger partial charge in [0.2, 0.25) is 0 Å². The number of anilines is 1. The van der Waals surface area contributed by atoms with E-state index in [9.17, 15) is 14.7 Å². The van der Waals surface area contributed by atoms with Gasteiger partial charge in [-0.05, 0) is 30.7 Å². The first-order valence-corrected chi connectivity index (χ1v) is 7.25. The Morgan fingerprint density at radius 3 is 2.82 bits per heavy atom. The van der Waals surface area contributed by atoms with Gasteiger partial charge in [0, 0.05) is 23.6 Å². The van der Waals surface area contributed by atoms with E-state index >= 15 is 0 Å². The molecule has 22 heavy (non-hydrogen) atoms. The van der Waals surface area contributed by atoms with Crippen LogP contribution in [-0.4, -0.2) is 28.5 Å². The van der Waals surface area contributed by atoms with Gasteiger partial charge in [-0.2, -0.15) is 0 Å². The van der Waals surface area contributed by atoms with Crippen molar-refractivity contribution < 1.29 is 14.7 Å². The molecule has 1 N–H and O–H groups in total. The molecule has 6 heteroatoms. The average molecular weight is 317 g/mol. The number of nitrogens with zero attached hydrogens (tertiary/aromatic N) is 2. The second kappa shape index (κ2) is 5.77. The number of aromatic nitrogens is 1. The zero-order valence-electron chi connectivity index (χ0n) is 11.6. The fraction of sp³-hybridized carbons (Fsp3) is 0.188. The second-order valence-corrected chi connectivity index (χ2v) is 5.48. The van der Waals surface area contributed by atoms with Gasteiger partial charge < -0.3 is 5.11 Å². The monoisotopic (exact) mass is 316 g/mol. The molecule has 0 bridgehead atoms. The van der Waals surface area contributed by atoms with Gasteiger partial charge in [0.15, 0.2) is 5.78 Å². The molecular formula is C16H13ClN2O3. The first-order chi connectivity index (χ1) is 10.6. The smallest absolute Gasteiger partial charge is 0.413 e. The summed E-state index contributed by atoms with van der Waals surface area (Å²) in [5.41, 5.74) is 1.71. The van der Waals surface area contributed by atoms with Gasteiger partial charge in [0.05, 0.1) is 11.3 Å². The fourth-order valence-electron chi connectivity index (χ4n) is 2.50. The first-order valence-electron chi connectivity index (χ1n) is 6.87. The van der Waals surface area contributed by atoms with Crippen molar-refractivity contribution in [3.8, 4) is 11.3 Å². The van der Waals surface area contributed by atoms with E-state index < -0.39 is 6.09 Å². The standard InChI is InChI=1S/C16H13ClN2O3/c17-11-4-1-3-10(9-11)13-7-6-12-14(20)5-2-8-19(16(21)22)15(12)18-13/h1,3-4,6-7,9H,2,5,8H2,(H,21,22). The molecule has 0 saturated heterocycles. The summed E-state index contributed by atoms with van der Waals surface area (Å²) in [5.74, 6) is 0.122. The van der Waals surface area contributed by atoms with E-state index in [0.717, 1.165) is 10.5 Å². The van der Waals surface area contributed by atoms with Crippen molar-refractivity contribution in [2.45, 2.75) is 12.8 Å². The molecular weight excluding hydrogens is 304 g/mol. The zero-order valence-corrected chi connectivity index (χ0v) is 12.4. The minimum Gasteiger partial charge on any atom is -0.465 e. The maximum absolute atomic E-state index is 12.1. The van der Waals surface area contributed by atoms with Gasteiger partial charge in [-0.1, -0.05) is 23.7 Å². The Balaban J connectivity index is 2.14. The SMILES string of the molecule is O=C1CCCN(C(=O)O)c2nc(-c3cccc(Cl)c3)ccc21. The number of rotatable bonds is 1. The molecule has 0 atom stereocenters. The van der Waals surface area contributed by atoms with Crippen LogP contribution in [0.25, 0.3) is 11.3 Å². The largest absolute Gasteiger partial charge is 0.465 e. The third-order valence-corrected chi connectivity index (χ3v) is 3.80. The third kappa shape index (κ3) is 2.67. The number of pyridine rings is 1. The minimum absolute atomic E-state index is 0.0797. The molecule has 5 nitrogen and oxygen atoms in total. The van der Waals surface area contributed by atoms with Crippen molar-refractivity contribution in [1.29, 1.82) is 0 Å². The van der Waals surface area contributed by atoms with Gasteiger partial charge >= 0.3 is 6.09 Å². The van der Waals surface area contributed by atoms with Gasteiger partial charge in [0.25, 0.3) is 0 Å². The first kappa shape index (κ1) is 14.5. The number of carbonyl (C=O) groups is 2. The van der Waals surface area contributed by atoms with Gasteiger partial charge in [-0.25, -0.2) is 9.78 Å². The Hall–Kier alpha value is -2.40. The van der Waals surface area contributed by atoms with Crippen LogP contribution >= 0.6 is 11.6 Å². The zero-order chi connectivity index (χ0) is 15.7. The quantitative estimate of drug-likeness (QED) is 0.867. The molecule has 1 aliphatic heterocycles. The molecule has 112 valence electrons. The van der Waals surface area contributed by atoms with E-state index in [0.29, 0.717) is 29.1 Å². The summed E-state index contributed by atoms with van der Waals surface area (Å²) in [7, 11) is 0. The number of halogens is 1. The molecule has 1 amide bonds. The third-order valence-electron chi connectivity index (χ3n) is 3.57. The van der Waals surface area contributed by atoms with Crippen molar-refractivity contribution in [2.75, 3.05) is 11.4 Å². The topological polar surface area (TPSA) is 70.5 Å². The van der Waals surface area contributed by atoms with E-state index in [-0.39, 0.29) is 18.1 Å². The van der Waals surface area contributed by atoms with Crippen molar-refractivity contribution in [2.24, 2.45) is 0 Å². The molecule has 0 radical (unpaired) electrons. The van der Waals surface area contributed by atoms with E-state index in [2.05, 4.69) is 4.98 Å². The van der Waals surface area contributed by atoms with Crippen LogP contribution in [0.2, 0.25) is 5.02 Å². The predicted octanol–water partition coefficient (Wildman–Crippen LogP) is 3.86. The molecule has 1 aromatic carbocycles. The van der Waals surface area contributed by atoms with Crippen LogP contribution in [-0.2, 0) is 0 Å². The molecule has 3 rings (SSSR count). The van der Waals surface area contributed by atoms with E-state index in [1.54, 1.807) is 30.3 Å². The highest BCUT2D eigenvalue weighted by atomic mass is 35.5. The number of amides is 1. The van der Waals surface area contributed by atoms with Crippen molar-refractivity contribution in [3.05, 3.63) is 47.0 Å². The normalized spacial score (nSPS) is 14.4. The predicted molar refractivity (Wildman–Crippen MR) is 83.6 cm³/mol. The number of carbonyl (C=O) groups excluding carboxylic acids is 1. The number of ketones is 1. The summed E-state index contributed by atoms with van der Waals surface area (Å²) < 4.78 is 0. The number of carboxylic acid groups (broad SMARTS) is 1. The van der Waals surface area contributed by atoms with Crippen LogP contribution in [0.5, 0.6) is 0 Å². The molecule has 0 fully saturated rings. The van der Waals surface area contributed by atoms with Crippen molar-refractivity contribution in [3.63, 3.8) is 0 Å². The molecule has 0 saturated carbocycles. The maximum Gasteiger partial charge on any atom is 0.413 e. The lowest BCUT2D eigenvalue weighted by atomic mass is 10.1. The highest BCUT2D eigenvalue weighted by Crippen LogP contribution is 2.29. The fourth-order valence-corrected chi connectivity index (χ4v) is 2.70. The van der Waals surface area contributed by atoms with Crippen molar-refractivity contribution >= 4 is 29.3 Å². The lowest BCUT2D eigenvalue weighted by Crippen LogP contribution is -2.31. The summed E-state index contributed by atoms with van der Waals surface area (Å²) in [4.78, 5) is 29.1. The molecule has 0 spiro atoms. The van der Waals surface area contributed by atoms with Gasteiger partial charge in [-0.3, -0.25) is 9.69 Å². The molecule has 1 aliphatic rings. The Morgan fingerprint density at radius 2 is 2.09 bits per heavy atom. The number of hydrogen-bond acceptors (Lipinski definition) is 3. The minimum atomic E-state index is -1.10. The molecule has 2 heterocycles. The van der Waals surface area contributed by atoms with Crippen LogP contribution in [0.1, 0.15) is 23.2 Å². The lowest BCUT2D eigenvalue weighted by Gasteiger charge is -2.18. The average Bonchev–Trinajstić information content (AvgIpc) is 2.66. The highest BCUT2D eigenvalue weighted by Gasteiger charge is 2.26. The van der Waals surface area contributed by atoms with Crippen LogP contribution in [0.4, 0.5) is 10.6 Å². The van der Waals surface area contributed by atoms with Crippen LogP contribution < -0.4 is 4.90 Å².